The number of ether oxygens (including phenoxy) is 1. The lowest BCUT2D eigenvalue weighted by Gasteiger charge is -2.35. The second-order valence-electron chi connectivity index (χ2n) is 7.39. The first kappa shape index (κ1) is 21.1. The van der Waals surface area contributed by atoms with Crippen molar-refractivity contribution in [3.8, 4) is 0 Å². The Morgan fingerprint density at radius 3 is 2.76 bits per heavy atom. The lowest BCUT2D eigenvalue weighted by atomic mass is 9.93. The van der Waals surface area contributed by atoms with E-state index < -0.39 is 23.5 Å². The number of carbonyl (C=O) groups is 2. The van der Waals surface area contributed by atoms with Gasteiger partial charge in [0.2, 0.25) is 5.95 Å². The maximum atomic E-state index is 13.9. The number of hydrogen-bond acceptors (Lipinski definition) is 5. The van der Waals surface area contributed by atoms with Crippen molar-refractivity contribution < 1.29 is 23.8 Å². The number of methoxy groups -OCH3 is 1. The highest BCUT2D eigenvalue weighted by molar-refractivity contribution is 9.10. The van der Waals surface area contributed by atoms with Crippen LogP contribution >= 0.6 is 15.9 Å². The molecule has 1 atom stereocenters. The number of nitrogens with one attached hydrogen (secondary N) is 2. The van der Waals surface area contributed by atoms with Crippen LogP contribution in [0.2, 0.25) is 0 Å². The van der Waals surface area contributed by atoms with Crippen molar-refractivity contribution in [1.82, 2.24) is 9.97 Å². The van der Waals surface area contributed by atoms with Gasteiger partial charge in [0.1, 0.15) is 5.82 Å². The Kier molecular flexibility index (Phi) is 4.91. The molecule has 0 radical (unpaired) electrons. The molecule has 3 N–H and O–H groups in total. The van der Waals surface area contributed by atoms with Gasteiger partial charge in [-0.15, -0.1) is 0 Å². The minimum atomic E-state index is -1.87. The van der Waals surface area contributed by atoms with Crippen LogP contribution in [0, 0.1) is 5.82 Å². The molecule has 166 valence electrons. The third kappa shape index (κ3) is 3.26. The fourth-order valence-corrected chi connectivity index (χ4v) is 4.37. The summed E-state index contributed by atoms with van der Waals surface area (Å²) in [5.74, 6) is -0.747. The SMILES string of the molecule is COC(=O)Nc1nc2ccc(C3(O)c4ccccc4C(=O)N3c3ccc(F)c(Br)c3)cc2[nH]1. The highest BCUT2D eigenvalue weighted by Crippen LogP contribution is 2.45. The third-order valence-corrected chi connectivity index (χ3v) is 6.12. The van der Waals surface area contributed by atoms with Crippen molar-refractivity contribution in [1.29, 1.82) is 0 Å². The first-order valence-corrected chi connectivity index (χ1v) is 10.6. The largest absolute Gasteiger partial charge is 0.453 e. The topological polar surface area (TPSA) is 108 Å². The smallest absolute Gasteiger partial charge is 0.413 e. The number of fused-ring (bicyclic) bond motifs is 2. The normalized spacial score (nSPS) is 17.3. The van der Waals surface area contributed by atoms with Crippen LogP contribution < -0.4 is 10.2 Å². The van der Waals surface area contributed by atoms with Crippen LogP contribution in [0.1, 0.15) is 21.5 Å². The van der Waals surface area contributed by atoms with Crippen LogP contribution in [0.5, 0.6) is 0 Å². The Labute approximate surface area is 195 Å². The highest BCUT2D eigenvalue weighted by atomic mass is 79.9. The number of imidazole rings is 1. The molecule has 1 aromatic heterocycles. The molecule has 8 nitrogen and oxygen atoms in total. The number of H-pyrrole nitrogens is 1. The van der Waals surface area contributed by atoms with Gasteiger partial charge in [0.25, 0.3) is 5.91 Å². The Balaban J connectivity index is 1.68. The standard InChI is InChI=1S/C23H16BrFN4O4/c1-33-22(31)28-21-26-18-9-6-12(10-19(18)27-21)23(32)15-5-3-2-4-14(15)20(30)29(23)13-7-8-17(25)16(24)11-13/h2-11,32H,1H3,(H2,26,27,28,31). The molecule has 3 aromatic carbocycles. The molecule has 0 aliphatic carbocycles. The molecule has 33 heavy (non-hydrogen) atoms. The predicted octanol–water partition coefficient (Wildman–Crippen LogP) is 4.50. The monoisotopic (exact) mass is 510 g/mol. The van der Waals surface area contributed by atoms with Crippen LogP contribution in [-0.2, 0) is 10.5 Å². The number of anilines is 2. The first-order valence-electron chi connectivity index (χ1n) is 9.79. The van der Waals surface area contributed by atoms with Gasteiger partial charge in [-0.1, -0.05) is 24.3 Å². The van der Waals surface area contributed by atoms with Gasteiger partial charge in [0.05, 0.1) is 22.6 Å². The van der Waals surface area contributed by atoms with Gasteiger partial charge in [-0.2, -0.15) is 0 Å². The van der Waals surface area contributed by atoms with Gasteiger partial charge in [-0.3, -0.25) is 15.0 Å². The molecule has 0 spiro atoms. The lowest BCUT2D eigenvalue weighted by molar-refractivity contribution is 0.0704. The molecule has 4 aromatic rings. The van der Waals surface area contributed by atoms with Crippen LogP contribution in [-0.4, -0.2) is 34.2 Å². The molecule has 1 aliphatic rings. The number of rotatable bonds is 3. The maximum absolute atomic E-state index is 13.9. The minimum absolute atomic E-state index is 0.161. The van der Waals surface area contributed by atoms with Gasteiger partial charge >= 0.3 is 6.09 Å². The van der Waals surface area contributed by atoms with Crippen LogP contribution in [0.25, 0.3) is 11.0 Å². The molecule has 1 aliphatic heterocycles. The summed E-state index contributed by atoms with van der Waals surface area (Å²) < 4.78 is 18.6. The molecule has 0 fully saturated rings. The van der Waals surface area contributed by atoms with E-state index in [-0.39, 0.29) is 10.4 Å². The molecule has 1 unspecified atom stereocenters. The molecule has 5 rings (SSSR count). The van der Waals surface area contributed by atoms with Gasteiger partial charge in [0.15, 0.2) is 5.72 Å². The average molecular weight is 511 g/mol. The Morgan fingerprint density at radius 2 is 2.00 bits per heavy atom. The van der Waals surface area contributed by atoms with Crippen molar-refractivity contribution in [2.45, 2.75) is 5.72 Å². The molecule has 2 amide bonds. The zero-order valence-corrected chi connectivity index (χ0v) is 18.7. The second-order valence-corrected chi connectivity index (χ2v) is 8.25. The van der Waals surface area contributed by atoms with E-state index in [0.717, 1.165) is 0 Å². The second kappa shape index (κ2) is 7.68. The predicted molar refractivity (Wildman–Crippen MR) is 122 cm³/mol. The summed E-state index contributed by atoms with van der Waals surface area (Å²) in [4.78, 5) is 33.3. The molecule has 10 heteroatoms. The molecule has 2 heterocycles. The highest BCUT2D eigenvalue weighted by Gasteiger charge is 2.50. The number of aliphatic hydroxyl groups is 1. The molecular formula is C23H16BrFN4O4. The van der Waals surface area contributed by atoms with E-state index in [1.807, 2.05) is 0 Å². The summed E-state index contributed by atoms with van der Waals surface area (Å²) in [6, 6.07) is 15.8. The van der Waals surface area contributed by atoms with Crippen molar-refractivity contribution in [3.05, 3.63) is 87.6 Å². The van der Waals surface area contributed by atoms with E-state index in [4.69, 9.17) is 0 Å². The van der Waals surface area contributed by atoms with Crippen molar-refractivity contribution >= 4 is 50.6 Å². The number of benzene rings is 3. The van der Waals surface area contributed by atoms with E-state index in [1.54, 1.807) is 42.5 Å². The lowest BCUT2D eigenvalue weighted by Crippen LogP contribution is -2.45. The van der Waals surface area contributed by atoms with E-state index in [2.05, 4.69) is 36.0 Å². The van der Waals surface area contributed by atoms with Gasteiger partial charge in [0, 0.05) is 22.4 Å². The maximum Gasteiger partial charge on any atom is 0.413 e. The number of hydrogen-bond donors (Lipinski definition) is 3. The van der Waals surface area contributed by atoms with Crippen molar-refractivity contribution in [2.75, 3.05) is 17.3 Å². The van der Waals surface area contributed by atoms with Gasteiger partial charge < -0.3 is 14.8 Å². The minimum Gasteiger partial charge on any atom is -0.453 e. The van der Waals surface area contributed by atoms with Crippen molar-refractivity contribution in [2.24, 2.45) is 0 Å². The number of amides is 2. The number of aromatic nitrogens is 2. The number of nitrogens with zero attached hydrogens (tertiary/aromatic N) is 2. The number of aromatic amines is 1. The van der Waals surface area contributed by atoms with E-state index in [9.17, 15) is 19.1 Å². The summed E-state index contributed by atoms with van der Waals surface area (Å²) in [5, 5.41) is 14.5. The number of halogens is 2. The zero-order chi connectivity index (χ0) is 23.3. The Hall–Kier alpha value is -3.76. The summed E-state index contributed by atoms with van der Waals surface area (Å²) in [6.45, 7) is 0. The van der Waals surface area contributed by atoms with Crippen molar-refractivity contribution in [3.63, 3.8) is 0 Å². The van der Waals surface area contributed by atoms with E-state index >= 15 is 0 Å². The molecule has 0 saturated heterocycles. The molecule has 0 saturated carbocycles. The van der Waals surface area contributed by atoms with Crippen LogP contribution in [0.15, 0.2) is 65.1 Å². The average Bonchev–Trinajstić information content (AvgIpc) is 3.32. The summed E-state index contributed by atoms with van der Waals surface area (Å²) >= 11 is 3.15. The Bertz CT molecular complexity index is 1440. The third-order valence-electron chi connectivity index (χ3n) is 5.51. The fraction of sp³-hybridized carbons (Fsp3) is 0.0870. The van der Waals surface area contributed by atoms with E-state index in [1.165, 1.54) is 30.2 Å². The summed E-state index contributed by atoms with van der Waals surface area (Å²) in [7, 11) is 1.24. The molecular weight excluding hydrogens is 495 g/mol. The summed E-state index contributed by atoms with van der Waals surface area (Å²) in [5.41, 5.74) is 0.583. The van der Waals surface area contributed by atoms with Gasteiger partial charge in [-0.05, 0) is 52.3 Å². The van der Waals surface area contributed by atoms with E-state index in [0.29, 0.717) is 33.4 Å². The zero-order valence-electron chi connectivity index (χ0n) is 17.1. The number of carbonyl (C=O) groups excluding carboxylic acids is 2. The quantitative estimate of drug-likeness (QED) is 0.376. The summed E-state index contributed by atoms with van der Waals surface area (Å²) in [6.07, 6.45) is -0.684. The fourth-order valence-electron chi connectivity index (χ4n) is 4.01. The Morgan fingerprint density at radius 1 is 1.21 bits per heavy atom. The van der Waals surface area contributed by atoms with Crippen LogP contribution in [0.4, 0.5) is 20.8 Å². The first-order chi connectivity index (χ1) is 15.8. The van der Waals surface area contributed by atoms with Gasteiger partial charge in [-0.25, -0.2) is 14.2 Å². The molecule has 0 bridgehead atoms. The van der Waals surface area contributed by atoms with Crippen LogP contribution in [0.3, 0.4) is 0 Å².